The number of halogens is 1. The maximum atomic E-state index is 11.7. The molecular weight excluding hydrogens is 244 g/mol. The minimum atomic E-state index is -0.431. The van der Waals surface area contributed by atoms with Crippen LogP contribution in [-0.4, -0.2) is 17.9 Å². The van der Waals surface area contributed by atoms with Gasteiger partial charge in [-0.3, -0.25) is 4.79 Å². The highest BCUT2D eigenvalue weighted by Gasteiger charge is 2.40. The number of ether oxygens (including phenoxy) is 1. The number of hydrogen-bond donors (Lipinski definition) is 0. The Bertz CT molecular complexity index is 192. The first-order valence-corrected chi connectivity index (χ1v) is 6.09. The first-order chi connectivity index (χ1) is 6.23. The van der Waals surface area contributed by atoms with Gasteiger partial charge >= 0.3 is 5.97 Å². The SMILES string of the molecule is CC(C)(C)C(C)(C)C(=O)OCCCBr. The van der Waals surface area contributed by atoms with Crippen molar-refractivity contribution >= 4 is 21.9 Å². The molecule has 0 heterocycles. The number of esters is 1. The highest BCUT2D eigenvalue weighted by atomic mass is 79.9. The third-order valence-corrected chi connectivity index (χ3v) is 3.46. The Morgan fingerprint density at radius 2 is 1.71 bits per heavy atom. The van der Waals surface area contributed by atoms with Crippen molar-refractivity contribution in [2.24, 2.45) is 10.8 Å². The van der Waals surface area contributed by atoms with Crippen LogP contribution in [0.5, 0.6) is 0 Å². The Balaban J connectivity index is 4.23. The number of carbonyl (C=O) groups is 1. The molecule has 0 fully saturated rings. The van der Waals surface area contributed by atoms with Crippen LogP contribution in [0.2, 0.25) is 0 Å². The summed E-state index contributed by atoms with van der Waals surface area (Å²) in [5, 5.41) is 0.871. The van der Waals surface area contributed by atoms with Crippen molar-refractivity contribution in [3.63, 3.8) is 0 Å². The summed E-state index contributed by atoms with van der Waals surface area (Å²) in [5.41, 5.74) is -0.502. The summed E-state index contributed by atoms with van der Waals surface area (Å²) >= 11 is 3.30. The van der Waals surface area contributed by atoms with E-state index >= 15 is 0 Å². The molecule has 0 atom stereocenters. The molecule has 2 nitrogen and oxygen atoms in total. The lowest BCUT2D eigenvalue weighted by Crippen LogP contribution is -2.39. The van der Waals surface area contributed by atoms with E-state index in [1.807, 2.05) is 13.8 Å². The molecule has 0 bridgehead atoms. The average Bonchev–Trinajstić information content (AvgIpc) is 2.02. The molecule has 0 radical (unpaired) electrons. The van der Waals surface area contributed by atoms with E-state index in [4.69, 9.17) is 4.74 Å². The standard InChI is InChI=1S/C11H21BrO2/c1-10(2,3)11(4,5)9(13)14-8-6-7-12/h6-8H2,1-5H3. The van der Waals surface area contributed by atoms with E-state index in [0.29, 0.717) is 6.61 Å². The summed E-state index contributed by atoms with van der Waals surface area (Å²) in [6, 6.07) is 0. The van der Waals surface area contributed by atoms with Gasteiger partial charge in [0, 0.05) is 5.33 Å². The van der Waals surface area contributed by atoms with Gasteiger partial charge in [-0.1, -0.05) is 36.7 Å². The second-order valence-corrected chi connectivity index (χ2v) is 5.85. The molecule has 0 amide bonds. The van der Waals surface area contributed by atoms with Gasteiger partial charge in [-0.2, -0.15) is 0 Å². The lowest BCUT2D eigenvalue weighted by atomic mass is 9.69. The molecule has 0 saturated carbocycles. The van der Waals surface area contributed by atoms with Crippen LogP contribution in [0.15, 0.2) is 0 Å². The third kappa shape index (κ3) is 3.60. The Morgan fingerprint density at radius 3 is 2.07 bits per heavy atom. The van der Waals surface area contributed by atoms with Crippen molar-refractivity contribution in [3.05, 3.63) is 0 Å². The largest absolute Gasteiger partial charge is 0.465 e. The van der Waals surface area contributed by atoms with Crippen LogP contribution in [-0.2, 0) is 9.53 Å². The Morgan fingerprint density at radius 1 is 1.21 bits per heavy atom. The Labute approximate surface area is 95.5 Å². The van der Waals surface area contributed by atoms with Crippen molar-refractivity contribution in [2.45, 2.75) is 41.0 Å². The van der Waals surface area contributed by atoms with Crippen LogP contribution in [0.3, 0.4) is 0 Å². The summed E-state index contributed by atoms with van der Waals surface area (Å²) in [7, 11) is 0. The van der Waals surface area contributed by atoms with Gasteiger partial charge in [0.15, 0.2) is 0 Å². The fourth-order valence-corrected chi connectivity index (χ4v) is 0.935. The zero-order chi connectivity index (χ0) is 11.4. The molecule has 0 aliphatic heterocycles. The predicted molar refractivity (Wildman–Crippen MR) is 62.6 cm³/mol. The molecule has 0 unspecified atom stereocenters. The zero-order valence-electron chi connectivity index (χ0n) is 9.82. The summed E-state index contributed by atoms with van der Waals surface area (Å²) in [5.74, 6) is -0.106. The number of rotatable bonds is 4. The second-order valence-electron chi connectivity index (χ2n) is 5.05. The number of carbonyl (C=O) groups excluding carboxylic acids is 1. The van der Waals surface area contributed by atoms with Crippen LogP contribution < -0.4 is 0 Å². The van der Waals surface area contributed by atoms with Gasteiger partial charge in [-0.25, -0.2) is 0 Å². The van der Waals surface area contributed by atoms with E-state index in [0.717, 1.165) is 11.8 Å². The van der Waals surface area contributed by atoms with Gasteiger partial charge in [0.1, 0.15) is 0 Å². The molecule has 0 aromatic carbocycles. The molecule has 0 aromatic rings. The van der Waals surface area contributed by atoms with Crippen LogP contribution in [0.1, 0.15) is 41.0 Å². The fourth-order valence-electron chi connectivity index (χ4n) is 0.706. The monoisotopic (exact) mass is 264 g/mol. The fraction of sp³-hybridized carbons (Fsp3) is 0.909. The predicted octanol–water partition coefficient (Wildman–Crippen LogP) is 3.39. The van der Waals surface area contributed by atoms with E-state index < -0.39 is 5.41 Å². The minimum absolute atomic E-state index is 0.0709. The van der Waals surface area contributed by atoms with Crippen LogP contribution in [0.25, 0.3) is 0 Å². The maximum Gasteiger partial charge on any atom is 0.312 e. The summed E-state index contributed by atoms with van der Waals surface area (Å²) in [4.78, 5) is 11.7. The maximum absolute atomic E-state index is 11.7. The number of alkyl halides is 1. The van der Waals surface area contributed by atoms with Crippen LogP contribution in [0.4, 0.5) is 0 Å². The molecule has 14 heavy (non-hydrogen) atoms. The normalized spacial score (nSPS) is 12.7. The lowest BCUT2D eigenvalue weighted by Gasteiger charge is -2.36. The molecule has 0 saturated heterocycles. The van der Waals surface area contributed by atoms with Gasteiger partial charge in [-0.05, 0) is 25.7 Å². The molecule has 84 valence electrons. The molecule has 0 spiro atoms. The van der Waals surface area contributed by atoms with Crippen molar-refractivity contribution < 1.29 is 9.53 Å². The molecule has 0 aliphatic rings. The molecule has 0 aliphatic carbocycles. The third-order valence-electron chi connectivity index (χ3n) is 2.90. The smallest absolute Gasteiger partial charge is 0.312 e. The van der Waals surface area contributed by atoms with Gasteiger partial charge in [0.2, 0.25) is 0 Å². The number of hydrogen-bond acceptors (Lipinski definition) is 2. The Kier molecular flexibility index (Phi) is 5.13. The van der Waals surface area contributed by atoms with E-state index in [1.165, 1.54) is 0 Å². The summed E-state index contributed by atoms with van der Waals surface area (Å²) in [6.07, 6.45) is 0.867. The first kappa shape index (κ1) is 13.9. The molecule has 3 heteroatoms. The highest BCUT2D eigenvalue weighted by molar-refractivity contribution is 9.09. The van der Waals surface area contributed by atoms with Crippen LogP contribution in [0, 0.1) is 10.8 Å². The quantitative estimate of drug-likeness (QED) is 0.442. The van der Waals surface area contributed by atoms with Crippen molar-refractivity contribution in [1.82, 2.24) is 0 Å². The average molecular weight is 265 g/mol. The molecular formula is C11H21BrO2. The van der Waals surface area contributed by atoms with E-state index in [-0.39, 0.29) is 11.4 Å². The first-order valence-electron chi connectivity index (χ1n) is 4.96. The highest BCUT2D eigenvalue weighted by Crippen LogP contribution is 2.38. The summed E-state index contributed by atoms with van der Waals surface area (Å²) in [6.45, 7) is 10.5. The molecule has 0 aromatic heterocycles. The van der Waals surface area contributed by atoms with Gasteiger partial charge in [-0.15, -0.1) is 0 Å². The van der Waals surface area contributed by atoms with Gasteiger partial charge in [0.25, 0.3) is 0 Å². The van der Waals surface area contributed by atoms with Crippen LogP contribution >= 0.6 is 15.9 Å². The molecule has 0 N–H and O–H groups in total. The second kappa shape index (κ2) is 5.15. The van der Waals surface area contributed by atoms with E-state index in [9.17, 15) is 4.79 Å². The minimum Gasteiger partial charge on any atom is -0.465 e. The lowest BCUT2D eigenvalue weighted by molar-refractivity contribution is -0.160. The van der Waals surface area contributed by atoms with Crippen molar-refractivity contribution in [2.75, 3.05) is 11.9 Å². The van der Waals surface area contributed by atoms with Crippen molar-refractivity contribution in [1.29, 1.82) is 0 Å². The van der Waals surface area contributed by atoms with Gasteiger partial charge < -0.3 is 4.74 Å². The topological polar surface area (TPSA) is 26.3 Å². The van der Waals surface area contributed by atoms with E-state index in [2.05, 4.69) is 36.7 Å². The summed E-state index contributed by atoms with van der Waals surface area (Å²) < 4.78 is 5.20. The van der Waals surface area contributed by atoms with Crippen molar-refractivity contribution in [3.8, 4) is 0 Å². The van der Waals surface area contributed by atoms with Gasteiger partial charge in [0.05, 0.1) is 12.0 Å². The van der Waals surface area contributed by atoms with E-state index in [1.54, 1.807) is 0 Å². The zero-order valence-corrected chi connectivity index (χ0v) is 11.4. The molecule has 0 rings (SSSR count). The Hall–Kier alpha value is -0.0500.